The van der Waals surface area contributed by atoms with Crippen molar-refractivity contribution in [1.29, 1.82) is 0 Å². The SMILES string of the molecule is Cc1cccc(C)c1OCCNC(=O)c1cnn(C)c1C. The summed E-state index contributed by atoms with van der Waals surface area (Å²) in [6.07, 6.45) is 1.58. The Kier molecular flexibility index (Phi) is 4.62. The smallest absolute Gasteiger partial charge is 0.254 e. The third-order valence-corrected chi connectivity index (χ3v) is 3.52. The molecule has 1 N–H and O–H groups in total. The van der Waals surface area contributed by atoms with Crippen LogP contribution >= 0.6 is 0 Å². The van der Waals surface area contributed by atoms with E-state index in [2.05, 4.69) is 10.4 Å². The Labute approximate surface area is 124 Å². The lowest BCUT2D eigenvalue weighted by Crippen LogP contribution is -2.28. The molecule has 0 saturated heterocycles. The molecule has 112 valence electrons. The van der Waals surface area contributed by atoms with Gasteiger partial charge in [0.25, 0.3) is 5.91 Å². The molecule has 2 aromatic rings. The topological polar surface area (TPSA) is 56.1 Å². The first-order valence-corrected chi connectivity index (χ1v) is 6.96. The molecule has 0 spiro atoms. The molecule has 0 atom stereocenters. The third-order valence-electron chi connectivity index (χ3n) is 3.52. The molecule has 0 aliphatic heterocycles. The Hall–Kier alpha value is -2.30. The Morgan fingerprint density at radius 3 is 2.52 bits per heavy atom. The second-order valence-electron chi connectivity index (χ2n) is 5.09. The van der Waals surface area contributed by atoms with Crippen LogP contribution < -0.4 is 10.1 Å². The number of amides is 1. The highest BCUT2D eigenvalue weighted by atomic mass is 16.5. The highest BCUT2D eigenvalue weighted by molar-refractivity contribution is 5.94. The van der Waals surface area contributed by atoms with Crippen molar-refractivity contribution >= 4 is 5.91 Å². The minimum absolute atomic E-state index is 0.120. The number of carbonyl (C=O) groups is 1. The molecule has 0 bridgehead atoms. The quantitative estimate of drug-likeness (QED) is 0.857. The van der Waals surface area contributed by atoms with Gasteiger partial charge in [-0.15, -0.1) is 0 Å². The van der Waals surface area contributed by atoms with Crippen LogP contribution in [-0.4, -0.2) is 28.8 Å². The fraction of sp³-hybridized carbons (Fsp3) is 0.375. The van der Waals surface area contributed by atoms with E-state index in [9.17, 15) is 4.79 Å². The fourth-order valence-electron chi connectivity index (χ4n) is 2.16. The van der Waals surface area contributed by atoms with Crippen LogP contribution in [0.2, 0.25) is 0 Å². The lowest BCUT2D eigenvalue weighted by molar-refractivity contribution is 0.0946. The average Bonchev–Trinajstić information content (AvgIpc) is 2.77. The third kappa shape index (κ3) is 3.42. The van der Waals surface area contributed by atoms with Crippen LogP contribution in [0.25, 0.3) is 0 Å². The first kappa shape index (κ1) is 15.1. The minimum atomic E-state index is -0.120. The number of benzene rings is 1. The number of para-hydroxylation sites is 1. The maximum atomic E-state index is 12.0. The highest BCUT2D eigenvalue weighted by Gasteiger charge is 2.12. The molecule has 0 aliphatic carbocycles. The Balaban J connectivity index is 1.85. The number of aromatic nitrogens is 2. The molecule has 1 amide bonds. The van der Waals surface area contributed by atoms with Gasteiger partial charge >= 0.3 is 0 Å². The van der Waals surface area contributed by atoms with Gasteiger partial charge in [0.05, 0.1) is 18.3 Å². The fourth-order valence-corrected chi connectivity index (χ4v) is 2.16. The molecular weight excluding hydrogens is 266 g/mol. The van der Waals surface area contributed by atoms with Gasteiger partial charge in [-0.2, -0.15) is 5.10 Å². The van der Waals surface area contributed by atoms with Crippen molar-refractivity contribution in [2.24, 2.45) is 7.05 Å². The summed E-state index contributed by atoms with van der Waals surface area (Å²) in [6.45, 7) is 6.80. The highest BCUT2D eigenvalue weighted by Crippen LogP contribution is 2.21. The van der Waals surface area contributed by atoms with Crippen LogP contribution in [0.15, 0.2) is 24.4 Å². The van der Waals surface area contributed by atoms with Crippen LogP contribution in [0.3, 0.4) is 0 Å². The molecule has 1 heterocycles. The Morgan fingerprint density at radius 2 is 1.95 bits per heavy atom. The molecule has 21 heavy (non-hydrogen) atoms. The van der Waals surface area contributed by atoms with Gasteiger partial charge in [0, 0.05) is 12.7 Å². The van der Waals surface area contributed by atoms with Gasteiger partial charge < -0.3 is 10.1 Å². The standard InChI is InChI=1S/C16H21N3O2/c1-11-6-5-7-12(2)15(11)21-9-8-17-16(20)14-10-18-19(4)13(14)3/h5-7,10H,8-9H2,1-4H3,(H,17,20). The van der Waals surface area contributed by atoms with Crippen molar-refractivity contribution in [3.05, 3.63) is 46.8 Å². The van der Waals surface area contributed by atoms with Crippen molar-refractivity contribution in [2.75, 3.05) is 13.2 Å². The van der Waals surface area contributed by atoms with Crippen LogP contribution in [0, 0.1) is 20.8 Å². The van der Waals surface area contributed by atoms with Crippen LogP contribution in [-0.2, 0) is 7.05 Å². The first-order chi connectivity index (χ1) is 10.0. The summed E-state index contributed by atoms with van der Waals surface area (Å²) in [5.41, 5.74) is 3.65. The maximum absolute atomic E-state index is 12.0. The lowest BCUT2D eigenvalue weighted by Gasteiger charge is -2.12. The zero-order chi connectivity index (χ0) is 15.4. The zero-order valence-electron chi connectivity index (χ0n) is 12.9. The minimum Gasteiger partial charge on any atom is -0.491 e. The Bertz CT molecular complexity index is 627. The van der Waals surface area contributed by atoms with Crippen LogP contribution in [0.4, 0.5) is 0 Å². The van der Waals surface area contributed by atoms with E-state index in [4.69, 9.17) is 4.74 Å². The van der Waals surface area contributed by atoms with Gasteiger partial charge in [0.1, 0.15) is 12.4 Å². The van der Waals surface area contributed by atoms with Gasteiger partial charge in [-0.1, -0.05) is 18.2 Å². The van der Waals surface area contributed by atoms with Crippen molar-refractivity contribution in [2.45, 2.75) is 20.8 Å². The molecule has 0 saturated carbocycles. The van der Waals surface area contributed by atoms with E-state index in [1.54, 1.807) is 10.9 Å². The van der Waals surface area contributed by atoms with Gasteiger partial charge in [-0.3, -0.25) is 9.48 Å². The van der Waals surface area contributed by atoms with E-state index in [1.165, 1.54) is 0 Å². The molecule has 1 aromatic heterocycles. The number of hydrogen-bond acceptors (Lipinski definition) is 3. The molecule has 1 aromatic carbocycles. The van der Waals surface area contributed by atoms with E-state index in [0.717, 1.165) is 22.6 Å². The van der Waals surface area contributed by atoms with Crippen molar-refractivity contribution < 1.29 is 9.53 Å². The lowest BCUT2D eigenvalue weighted by atomic mass is 10.1. The Morgan fingerprint density at radius 1 is 1.29 bits per heavy atom. The average molecular weight is 287 g/mol. The summed E-state index contributed by atoms with van der Waals surface area (Å²) in [7, 11) is 1.82. The molecule has 5 heteroatoms. The molecule has 5 nitrogen and oxygen atoms in total. The van der Waals surface area contributed by atoms with Gasteiger partial charge in [-0.05, 0) is 31.9 Å². The van der Waals surface area contributed by atoms with E-state index < -0.39 is 0 Å². The van der Waals surface area contributed by atoms with Crippen molar-refractivity contribution in [3.63, 3.8) is 0 Å². The zero-order valence-corrected chi connectivity index (χ0v) is 12.9. The predicted molar refractivity (Wildman–Crippen MR) is 81.7 cm³/mol. The number of rotatable bonds is 5. The van der Waals surface area contributed by atoms with E-state index in [-0.39, 0.29) is 5.91 Å². The second kappa shape index (κ2) is 6.43. The molecule has 0 fully saturated rings. The molecular formula is C16H21N3O2. The normalized spacial score (nSPS) is 10.5. The number of carbonyl (C=O) groups excluding carboxylic acids is 1. The predicted octanol–water partition coefficient (Wildman–Crippen LogP) is 2.15. The summed E-state index contributed by atoms with van der Waals surface area (Å²) < 4.78 is 7.44. The van der Waals surface area contributed by atoms with E-state index in [0.29, 0.717) is 18.7 Å². The maximum Gasteiger partial charge on any atom is 0.254 e. The molecule has 0 unspecified atom stereocenters. The van der Waals surface area contributed by atoms with E-state index >= 15 is 0 Å². The number of aryl methyl sites for hydroxylation is 3. The molecule has 2 rings (SSSR count). The van der Waals surface area contributed by atoms with Crippen LogP contribution in [0.1, 0.15) is 27.2 Å². The van der Waals surface area contributed by atoms with Crippen molar-refractivity contribution in [1.82, 2.24) is 15.1 Å². The summed E-state index contributed by atoms with van der Waals surface area (Å²) in [6, 6.07) is 6.03. The molecule has 0 aliphatic rings. The van der Waals surface area contributed by atoms with Gasteiger partial charge in [0.2, 0.25) is 0 Å². The number of ether oxygens (including phenoxy) is 1. The van der Waals surface area contributed by atoms with E-state index in [1.807, 2.05) is 46.0 Å². The summed E-state index contributed by atoms with van der Waals surface area (Å²) in [4.78, 5) is 12.0. The summed E-state index contributed by atoms with van der Waals surface area (Å²) in [5, 5.41) is 6.91. The molecule has 0 radical (unpaired) electrons. The summed E-state index contributed by atoms with van der Waals surface area (Å²) >= 11 is 0. The number of nitrogens with one attached hydrogen (secondary N) is 1. The number of hydrogen-bond donors (Lipinski definition) is 1. The largest absolute Gasteiger partial charge is 0.491 e. The number of nitrogens with zero attached hydrogens (tertiary/aromatic N) is 2. The summed E-state index contributed by atoms with van der Waals surface area (Å²) in [5.74, 6) is 0.773. The van der Waals surface area contributed by atoms with Crippen LogP contribution in [0.5, 0.6) is 5.75 Å². The second-order valence-corrected chi connectivity index (χ2v) is 5.09. The first-order valence-electron chi connectivity index (χ1n) is 6.96. The monoisotopic (exact) mass is 287 g/mol. The van der Waals surface area contributed by atoms with Crippen molar-refractivity contribution in [3.8, 4) is 5.75 Å². The van der Waals surface area contributed by atoms with Gasteiger partial charge in [-0.25, -0.2) is 0 Å². The van der Waals surface area contributed by atoms with Gasteiger partial charge in [0.15, 0.2) is 0 Å².